The van der Waals surface area contributed by atoms with Crippen molar-refractivity contribution in [2.45, 2.75) is 12.5 Å². The molecule has 0 saturated carbocycles. The fraction of sp³-hybridized carbons (Fsp3) is 0.154. The lowest BCUT2D eigenvalue weighted by Gasteiger charge is -2.25. The summed E-state index contributed by atoms with van der Waals surface area (Å²) in [5, 5.41) is 14.8. The van der Waals surface area contributed by atoms with Crippen LogP contribution in [0.25, 0.3) is 0 Å². The van der Waals surface area contributed by atoms with E-state index in [1.165, 1.54) is 6.34 Å². The minimum absolute atomic E-state index is 0.0970. The Bertz CT molecular complexity index is 691. The van der Waals surface area contributed by atoms with E-state index in [0.717, 1.165) is 17.1 Å². The molecule has 3 rings (SSSR count). The lowest BCUT2D eigenvalue weighted by atomic mass is 10.3. The summed E-state index contributed by atoms with van der Waals surface area (Å²) >= 11 is 0. The molecule has 1 aliphatic heterocycles. The summed E-state index contributed by atoms with van der Waals surface area (Å²) in [6.07, 6.45) is -0.222. The first-order valence-electron chi connectivity index (χ1n) is 6.45. The molecule has 0 fully saturated rings. The van der Waals surface area contributed by atoms with Crippen LogP contribution < -0.4 is 10.3 Å². The van der Waals surface area contributed by atoms with E-state index in [-0.39, 0.29) is 5.82 Å². The highest BCUT2D eigenvalue weighted by Crippen LogP contribution is 2.29. The number of anilines is 2. The molecule has 7 nitrogen and oxygen atoms in total. The van der Waals surface area contributed by atoms with Crippen molar-refractivity contribution < 1.29 is 18.4 Å². The molecule has 3 heterocycles. The summed E-state index contributed by atoms with van der Waals surface area (Å²) < 4.78 is 37.6. The van der Waals surface area contributed by atoms with Crippen LogP contribution in [0.15, 0.2) is 47.8 Å². The summed E-state index contributed by atoms with van der Waals surface area (Å²) in [7, 11) is 0. The summed E-state index contributed by atoms with van der Waals surface area (Å²) in [6.45, 7) is 0. The van der Waals surface area contributed by atoms with Crippen LogP contribution in [0.5, 0.6) is 0 Å². The molecule has 120 valence electrons. The van der Waals surface area contributed by atoms with Gasteiger partial charge >= 0.3 is 6.18 Å². The SMILES string of the molecule is ON1C(Nc2cccnc2)N=CN1c1ccc(C(F)(F)F)cn1. The van der Waals surface area contributed by atoms with Crippen LogP contribution in [-0.2, 0) is 6.18 Å². The van der Waals surface area contributed by atoms with E-state index in [1.54, 1.807) is 24.5 Å². The second-order valence-corrected chi connectivity index (χ2v) is 4.59. The summed E-state index contributed by atoms with van der Waals surface area (Å²) in [5.41, 5.74) is -0.247. The third-order valence-electron chi connectivity index (χ3n) is 3.02. The molecule has 0 radical (unpaired) electrons. The minimum atomic E-state index is -4.46. The van der Waals surface area contributed by atoms with Gasteiger partial charge in [-0.15, -0.1) is 0 Å². The number of nitrogens with one attached hydrogen (secondary N) is 1. The number of hydrogen-bond acceptors (Lipinski definition) is 7. The third kappa shape index (κ3) is 3.22. The number of hydroxylamine groups is 1. The smallest absolute Gasteiger partial charge is 0.347 e. The van der Waals surface area contributed by atoms with Gasteiger partial charge in [0.2, 0.25) is 6.29 Å². The van der Waals surface area contributed by atoms with Crippen molar-refractivity contribution in [1.82, 2.24) is 15.1 Å². The number of rotatable bonds is 3. The molecular formula is C13H11F3N6O. The van der Waals surface area contributed by atoms with Gasteiger partial charge < -0.3 is 5.32 Å². The van der Waals surface area contributed by atoms with Gasteiger partial charge in [-0.2, -0.15) is 13.2 Å². The first kappa shape index (κ1) is 15.2. The van der Waals surface area contributed by atoms with Crippen molar-refractivity contribution in [3.05, 3.63) is 48.4 Å². The van der Waals surface area contributed by atoms with Crippen molar-refractivity contribution in [1.29, 1.82) is 0 Å². The molecule has 10 heteroatoms. The average molecular weight is 324 g/mol. The Morgan fingerprint density at radius 2 is 2.00 bits per heavy atom. The lowest BCUT2D eigenvalue weighted by Crippen LogP contribution is -2.43. The standard InChI is InChI=1S/C13H11F3N6O/c14-13(15,16)9-3-4-11(18-6-9)21-8-19-12(22(21)23)20-10-2-1-5-17-7-10/h1-8,12,20,23H. The maximum Gasteiger partial charge on any atom is 0.417 e. The molecular weight excluding hydrogens is 313 g/mol. The highest BCUT2D eigenvalue weighted by molar-refractivity contribution is 5.78. The Labute approximate surface area is 128 Å². The van der Waals surface area contributed by atoms with Gasteiger partial charge in [0.05, 0.1) is 17.4 Å². The Morgan fingerprint density at radius 1 is 1.17 bits per heavy atom. The molecule has 0 aromatic carbocycles. The lowest BCUT2D eigenvalue weighted by molar-refractivity contribution is -0.137. The second-order valence-electron chi connectivity index (χ2n) is 4.59. The van der Waals surface area contributed by atoms with Gasteiger partial charge in [0.1, 0.15) is 6.34 Å². The van der Waals surface area contributed by atoms with Crippen LogP contribution in [0.3, 0.4) is 0 Å². The maximum atomic E-state index is 12.5. The van der Waals surface area contributed by atoms with E-state index in [9.17, 15) is 18.4 Å². The van der Waals surface area contributed by atoms with E-state index in [4.69, 9.17) is 0 Å². The predicted molar refractivity (Wildman–Crippen MR) is 75.5 cm³/mol. The Hall–Kier alpha value is -2.72. The van der Waals surface area contributed by atoms with E-state index in [2.05, 4.69) is 20.3 Å². The molecule has 1 atom stereocenters. The normalized spacial score (nSPS) is 18.4. The zero-order valence-corrected chi connectivity index (χ0v) is 11.5. The van der Waals surface area contributed by atoms with Gasteiger partial charge in [-0.3, -0.25) is 10.2 Å². The number of alkyl halides is 3. The molecule has 2 N–H and O–H groups in total. The van der Waals surface area contributed by atoms with Gasteiger partial charge in [0.15, 0.2) is 5.82 Å². The van der Waals surface area contributed by atoms with E-state index in [0.29, 0.717) is 17.1 Å². The van der Waals surface area contributed by atoms with Crippen LogP contribution in [0.2, 0.25) is 0 Å². The topological polar surface area (TPSA) is 76.9 Å². The summed E-state index contributed by atoms with van der Waals surface area (Å²) in [6, 6.07) is 5.46. The summed E-state index contributed by atoms with van der Waals surface area (Å²) in [5.74, 6) is 0.0970. The summed E-state index contributed by atoms with van der Waals surface area (Å²) in [4.78, 5) is 11.6. The van der Waals surface area contributed by atoms with Crippen molar-refractivity contribution in [2.75, 3.05) is 10.3 Å². The van der Waals surface area contributed by atoms with E-state index in [1.807, 2.05) is 0 Å². The Kier molecular flexibility index (Phi) is 3.84. The molecule has 1 unspecified atom stereocenters. The molecule has 2 aromatic rings. The Balaban J connectivity index is 1.72. The van der Waals surface area contributed by atoms with Gasteiger partial charge in [-0.25, -0.2) is 15.0 Å². The first-order valence-corrected chi connectivity index (χ1v) is 6.45. The third-order valence-corrected chi connectivity index (χ3v) is 3.02. The number of aromatic nitrogens is 2. The highest BCUT2D eigenvalue weighted by Gasteiger charge is 2.32. The van der Waals surface area contributed by atoms with E-state index >= 15 is 0 Å². The largest absolute Gasteiger partial charge is 0.417 e. The maximum absolute atomic E-state index is 12.5. The zero-order chi connectivity index (χ0) is 16.4. The number of halogens is 3. The average Bonchev–Trinajstić information content (AvgIpc) is 2.89. The number of pyridine rings is 2. The van der Waals surface area contributed by atoms with E-state index < -0.39 is 18.0 Å². The van der Waals surface area contributed by atoms with Crippen LogP contribution in [0.4, 0.5) is 24.7 Å². The predicted octanol–water partition coefficient (Wildman–Crippen LogP) is 2.35. The molecule has 0 bridgehead atoms. The zero-order valence-electron chi connectivity index (χ0n) is 11.5. The number of hydrogen-bond donors (Lipinski definition) is 2. The van der Waals surface area contributed by atoms with Gasteiger partial charge in [-0.05, 0) is 29.4 Å². The van der Waals surface area contributed by atoms with Crippen molar-refractivity contribution in [3.63, 3.8) is 0 Å². The van der Waals surface area contributed by atoms with Crippen molar-refractivity contribution in [2.24, 2.45) is 4.99 Å². The molecule has 0 amide bonds. The molecule has 1 aliphatic rings. The highest BCUT2D eigenvalue weighted by atomic mass is 19.4. The van der Waals surface area contributed by atoms with Crippen LogP contribution in [0, 0.1) is 0 Å². The number of nitrogens with zero attached hydrogens (tertiary/aromatic N) is 5. The molecule has 23 heavy (non-hydrogen) atoms. The quantitative estimate of drug-likeness (QED) is 0.902. The molecule has 0 spiro atoms. The number of aliphatic imine (C=N–C) groups is 1. The van der Waals surface area contributed by atoms with Crippen molar-refractivity contribution >= 4 is 17.8 Å². The van der Waals surface area contributed by atoms with Gasteiger partial charge in [-0.1, -0.05) is 0 Å². The minimum Gasteiger partial charge on any atom is -0.347 e. The first-order chi connectivity index (χ1) is 10.9. The second kappa shape index (κ2) is 5.82. The van der Waals surface area contributed by atoms with Crippen LogP contribution in [-0.4, -0.2) is 33.0 Å². The fourth-order valence-corrected chi connectivity index (χ4v) is 1.90. The van der Waals surface area contributed by atoms with Gasteiger partial charge in [0.25, 0.3) is 0 Å². The Morgan fingerprint density at radius 3 is 2.61 bits per heavy atom. The van der Waals surface area contributed by atoms with Crippen molar-refractivity contribution in [3.8, 4) is 0 Å². The van der Waals surface area contributed by atoms with Crippen LogP contribution in [0.1, 0.15) is 5.56 Å². The number of hydrazine groups is 1. The van der Waals surface area contributed by atoms with Crippen LogP contribution >= 0.6 is 0 Å². The molecule has 0 saturated heterocycles. The van der Waals surface area contributed by atoms with Gasteiger partial charge in [0, 0.05) is 12.4 Å². The molecule has 0 aliphatic carbocycles. The fourth-order valence-electron chi connectivity index (χ4n) is 1.90. The molecule has 2 aromatic heterocycles. The monoisotopic (exact) mass is 324 g/mol.